The highest BCUT2D eigenvalue weighted by Gasteiger charge is 2.46. The van der Waals surface area contributed by atoms with Crippen LogP contribution in [0.3, 0.4) is 0 Å². The van der Waals surface area contributed by atoms with E-state index in [0.29, 0.717) is 6.10 Å². The zero-order chi connectivity index (χ0) is 19.1. The summed E-state index contributed by atoms with van der Waals surface area (Å²) in [5.74, 6) is 0. The minimum atomic E-state index is -1.03. The molecule has 0 radical (unpaired) electrons. The molecule has 1 aliphatic heterocycles. The lowest BCUT2D eigenvalue weighted by molar-refractivity contribution is 0.320. The summed E-state index contributed by atoms with van der Waals surface area (Å²) < 4.78 is 5.67. The second-order valence-corrected chi connectivity index (χ2v) is 15.3. The smallest absolute Gasteiger partial charge is 0.0892 e. The van der Waals surface area contributed by atoms with Gasteiger partial charge in [0.1, 0.15) is 0 Å². The first-order valence-corrected chi connectivity index (χ1v) is 13.8. The summed E-state index contributed by atoms with van der Waals surface area (Å²) in [6.07, 6.45) is 15.0. The lowest BCUT2D eigenvalue weighted by Gasteiger charge is -2.18. The maximum absolute atomic E-state index is 5.67. The first kappa shape index (κ1) is 22.4. The third-order valence-electron chi connectivity index (χ3n) is 4.83. The van der Waals surface area contributed by atoms with Crippen molar-refractivity contribution in [3.63, 3.8) is 0 Å². The fourth-order valence-corrected chi connectivity index (χ4v) is 4.99. The highest BCUT2D eigenvalue weighted by atomic mass is 28.3. The predicted molar refractivity (Wildman–Crippen MR) is 116 cm³/mol. The summed E-state index contributed by atoms with van der Waals surface area (Å²) in [6, 6.07) is 1.35. The van der Waals surface area contributed by atoms with Crippen LogP contribution in [0.25, 0.3) is 0 Å². The van der Waals surface area contributed by atoms with E-state index >= 15 is 0 Å². The van der Waals surface area contributed by atoms with Crippen LogP contribution in [0.1, 0.15) is 73.1 Å². The molecule has 1 nitrogen and oxygen atoms in total. The fourth-order valence-electron chi connectivity index (χ4n) is 3.31. The minimum absolute atomic E-state index is 0.139. The van der Waals surface area contributed by atoms with Crippen molar-refractivity contribution in [2.24, 2.45) is 0 Å². The van der Waals surface area contributed by atoms with Gasteiger partial charge >= 0.3 is 0 Å². The van der Waals surface area contributed by atoms with Crippen LogP contribution in [-0.4, -0.2) is 19.8 Å². The molecule has 25 heavy (non-hydrogen) atoms. The Hall–Kier alpha value is -0.603. The molecule has 0 amide bonds. The Bertz CT molecular complexity index is 499. The maximum Gasteiger partial charge on any atom is 0.0892 e. The molecule has 1 atom stereocenters. The molecule has 1 heterocycles. The zero-order valence-electron chi connectivity index (χ0n) is 18.2. The van der Waals surface area contributed by atoms with Crippen molar-refractivity contribution in [1.29, 1.82) is 0 Å². The average Bonchev–Trinajstić information content (AvgIpc) is 3.06. The molecule has 0 aromatic rings. The van der Waals surface area contributed by atoms with Crippen LogP contribution in [-0.2, 0) is 4.74 Å². The van der Waals surface area contributed by atoms with Gasteiger partial charge in [-0.1, -0.05) is 54.6 Å². The summed E-state index contributed by atoms with van der Waals surface area (Å²) >= 11 is 0. The molecule has 0 aromatic carbocycles. The molecule has 1 unspecified atom stereocenters. The van der Waals surface area contributed by atoms with Crippen molar-refractivity contribution < 1.29 is 4.74 Å². The standard InChI is InChI=1S/C23H42OSi/c1-19(2)12-11-15-21(18-25(6,7)8)14-10-9-13-20(3)16-17-22-23(4,5)24-22/h12-14,22H,9-11,15-18H2,1-8H3/b20-13+,21-14-. The van der Waals surface area contributed by atoms with Crippen LogP contribution < -0.4 is 0 Å². The highest BCUT2D eigenvalue weighted by Crippen LogP contribution is 2.38. The number of hydrogen-bond acceptors (Lipinski definition) is 1. The van der Waals surface area contributed by atoms with E-state index in [1.54, 1.807) is 5.57 Å². The van der Waals surface area contributed by atoms with Crippen molar-refractivity contribution >= 4 is 8.07 Å². The molecule has 1 fully saturated rings. The average molecular weight is 363 g/mol. The molecule has 2 heteroatoms. The number of allylic oxidation sites excluding steroid dienone is 6. The SMILES string of the molecule is CC(C)=CCC/C(=C/CC/C=C(\C)CCC1OC1(C)C)C[Si](C)(C)C. The van der Waals surface area contributed by atoms with Gasteiger partial charge < -0.3 is 4.74 Å². The van der Waals surface area contributed by atoms with Crippen LogP contribution in [0.4, 0.5) is 0 Å². The van der Waals surface area contributed by atoms with Crippen LogP contribution in [0, 0.1) is 0 Å². The topological polar surface area (TPSA) is 12.5 Å². The van der Waals surface area contributed by atoms with E-state index in [-0.39, 0.29) is 5.60 Å². The molecule has 0 bridgehead atoms. The fraction of sp³-hybridized carbons (Fsp3) is 0.739. The molecule has 1 saturated heterocycles. The summed E-state index contributed by atoms with van der Waals surface area (Å²) in [7, 11) is -1.03. The van der Waals surface area contributed by atoms with E-state index in [1.807, 2.05) is 0 Å². The van der Waals surface area contributed by atoms with Crippen molar-refractivity contribution in [2.75, 3.05) is 0 Å². The van der Waals surface area contributed by atoms with E-state index in [9.17, 15) is 0 Å². The van der Waals surface area contributed by atoms with Gasteiger partial charge in [0.2, 0.25) is 0 Å². The van der Waals surface area contributed by atoms with Crippen LogP contribution in [0.5, 0.6) is 0 Å². The molecule has 0 spiro atoms. The summed E-state index contributed by atoms with van der Waals surface area (Å²) in [4.78, 5) is 0. The monoisotopic (exact) mass is 362 g/mol. The Labute approximate surface area is 158 Å². The summed E-state index contributed by atoms with van der Waals surface area (Å²) in [5, 5.41) is 0. The highest BCUT2D eigenvalue weighted by molar-refractivity contribution is 6.76. The third kappa shape index (κ3) is 10.9. The van der Waals surface area contributed by atoms with Gasteiger partial charge in [0.05, 0.1) is 11.7 Å². The molecule has 0 N–H and O–H groups in total. The Morgan fingerprint density at radius 1 is 0.920 bits per heavy atom. The van der Waals surface area contributed by atoms with Crippen molar-refractivity contribution in [3.8, 4) is 0 Å². The molecule has 1 rings (SSSR count). The molecule has 0 aromatic heterocycles. The summed E-state index contributed by atoms with van der Waals surface area (Å²) in [5.41, 5.74) is 4.79. The van der Waals surface area contributed by atoms with E-state index in [4.69, 9.17) is 4.74 Å². The van der Waals surface area contributed by atoms with Gasteiger partial charge in [-0.05, 0) is 79.2 Å². The van der Waals surface area contributed by atoms with Gasteiger partial charge in [0.25, 0.3) is 0 Å². The normalized spacial score (nSPS) is 20.6. The van der Waals surface area contributed by atoms with Gasteiger partial charge in [-0.3, -0.25) is 0 Å². The third-order valence-corrected chi connectivity index (χ3v) is 6.35. The molecule has 0 saturated carbocycles. The number of epoxide rings is 1. The number of ether oxygens (including phenoxy) is 1. The van der Waals surface area contributed by atoms with E-state index in [1.165, 1.54) is 55.7 Å². The van der Waals surface area contributed by atoms with Gasteiger partial charge in [0.15, 0.2) is 0 Å². The number of hydrogen-bond donors (Lipinski definition) is 0. The van der Waals surface area contributed by atoms with Gasteiger partial charge in [-0.25, -0.2) is 0 Å². The van der Waals surface area contributed by atoms with Crippen LogP contribution in [0.2, 0.25) is 25.7 Å². The quantitative estimate of drug-likeness (QED) is 0.159. The lowest BCUT2D eigenvalue weighted by Crippen LogP contribution is -2.19. The Morgan fingerprint density at radius 3 is 2.04 bits per heavy atom. The van der Waals surface area contributed by atoms with Gasteiger partial charge in [-0.15, -0.1) is 0 Å². The lowest BCUT2D eigenvalue weighted by atomic mass is 10.0. The first-order chi connectivity index (χ1) is 11.5. The van der Waals surface area contributed by atoms with Crippen LogP contribution >= 0.6 is 0 Å². The summed E-state index contributed by atoms with van der Waals surface area (Å²) in [6.45, 7) is 18.5. The second kappa shape index (κ2) is 9.92. The maximum atomic E-state index is 5.67. The Kier molecular flexibility index (Phi) is 8.90. The van der Waals surface area contributed by atoms with E-state index < -0.39 is 8.07 Å². The molecular weight excluding hydrogens is 320 g/mol. The van der Waals surface area contributed by atoms with Crippen molar-refractivity contribution in [1.82, 2.24) is 0 Å². The molecular formula is C23H42OSi. The largest absolute Gasteiger partial charge is 0.367 e. The van der Waals surface area contributed by atoms with Crippen molar-refractivity contribution in [2.45, 2.75) is 111 Å². The van der Waals surface area contributed by atoms with Crippen molar-refractivity contribution in [3.05, 3.63) is 34.9 Å². The van der Waals surface area contributed by atoms with E-state index in [2.05, 4.69) is 72.5 Å². The molecule has 0 aliphatic carbocycles. The second-order valence-electron chi connectivity index (χ2n) is 9.80. The number of rotatable bonds is 11. The Balaban J connectivity index is 2.40. The molecule has 144 valence electrons. The van der Waals surface area contributed by atoms with Crippen LogP contribution in [0.15, 0.2) is 34.9 Å². The van der Waals surface area contributed by atoms with Gasteiger partial charge in [-0.2, -0.15) is 0 Å². The Morgan fingerprint density at radius 2 is 1.52 bits per heavy atom. The van der Waals surface area contributed by atoms with Gasteiger partial charge in [0, 0.05) is 8.07 Å². The predicted octanol–water partition coefficient (Wildman–Crippen LogP) is 7.68. The molecule has 1 aliphatic rings. The number of unbranched alkanes of at least 4 members (excludes halogenated alkanes) is 1. The minimum Gasteiger partial charge on any atom is -0.367 e. The van der Waals surface area contributed by atoms with E-state index in [0.717, 1.165) is 0 Å². The zero-order valence-corrected chi connectivity index (χ0v) is 19.2. The first-order valence-electron chi connectivity index (χ1n) is 10.1.